The van der Waals surface area contributed by atoms with Crippen LogP contribution in [0.4, 0.5) is 0 Å². The zero-order valence-corrected chi connectivity index (χ0v) is 23.4. The van der Waals surface area contributed by atoms with Gasteiger partial charge in [0.2, 0.25) is 5.88 Å². The van der Waals surface area contributed by atoms with Crippen molar-refractivity contribution < 1.29 is 19.4 Å². The molecule has 0 aliphatic carbocycles. The lowest BCUT2D eigenvalue weighted by Gasteiger charge is -2.34. The zero-order chi connectivity index (χ0) is 27.9. The monoisotopic (exact) mass is 529 g/mol. The minimum absolute atomic E-state index is 0.0132. The van der Waals surface area contributed by atoms with E-state index >= 15 is 0 Å². The molecule has 0 amide bonds. The molecule has 0 spiro atoms. The van der Waals surface area contributed by atoms with E-state index in [0.717, 1.165) is 51.1 Å². The Bertz CT molecular complexity index is 1540. The number of hydrogen-bond acceptors (Lipinski definition) is 8. The van der Waals surface area contributed by atoms with Gasteiger partial charge in [0.25, 0.3) is 0 Å². The minimum Gasteiger partial charge on any atom is -0.493 e. The number of fused-ring (bicyclic) bond motifs is 2. The van der Waals surface area contributed by atoms with Crippen molar-refractivity contribution in [3.05, 3.63) is 76.0 Å². The fourth-order valence-electron chi connectivity index (χ4n) is 5.64. The van der Waals surface area contributed by atoms with Crippen molar-refractivity contribution >= 4 is 17.0 Å². The van der Waals surface area contributed by atoms with Gasteiger partial charge in [0.05, 0.1) is 18.0 Å². The van der Waals surface area contributed by atoms with E-state index in [-0.39, 0.29) is 17.8 Å². The lowest BCUT2D eigenvalue weighted by molar-refractivity contribution is -0.151. The first-order valence-electron chi connectivity index (χ1n) is 13.1. The topological polar surface area (TPSA) is 103 Å². The molecule has 1 aliphatic heterocycles. The number of aryl methyl sites for hydroxylation is 3. The molecule has 0 radical (unpaired) electrons. The Morgan fingerprint density at radius 3 is 2.74 bits per heavy atom. The molecule has 0 saturated carbocycles. The highest BCUT2D eigenvalue weighted by Crippen LogP contribution is 2.44. The van der Waals surface area contributed by atoms with Gasteiger partial charge < -0.3 is 14.6 Å². The summed E-state index contributed by atoms with van der Waals surface area (Å²) in [5, 5.41) is 18.5. The van der Waals surface area contributed by atoms with Gasteiger partial charge in [-0.3, -0.25) is 9.69 Å². The number of ether oxygens (including phenoxy) is 2. The third-order valence-electron chi connectivity index (χ3n) is 7.88. The van der Waals surface area contributed by atoms with Crippen LogP contribution in [0, 0.1) is 19.3 Å². The van der Waals surface area contributed by atoms with Gasteiger partial charge >= 0.3 is 5.97 Å². The molecule has 3 heterocycles. The molecule has 1 N–H and O–H groups in total. The van der Waals surface area contributed by atoms with Gasteiger partial charge in [-0.25, -0.2) is 9.67 Å². The molecular formula is C30H35N5O4. The number of benzene rings is 2. The predicted molar refractivity (Wildman–Crippen MR) is 148 cm³/mol. The van der Waals surface area contributed by atoms with Crippen molar-refractivity contribution in [3.63, 3.8) is 0 Å². The highest BCUT2D eigenvalue weighted by Gasteiger charge is 2.41. The fraction of sp³-hybridized carbons (Fsp3) is 0.400. The molecule has 1 aliphatic rings. The Morgan fingerprint density at radius 2 is 1.97 bits per heavy atom. The predicted octanol–water partition coefficient (Wildman–Crippen LogP) is 4.41. The van der Waals surface area contributed by atoms with Crippen LogP contribution in [-0.4, -0.2) is 56.2 Å². The summed E-state index contributed by atoms with van der Waals surface area (Å²) in [7, 11) is 3.31. The number of methoxy groups -OCH3 is 1. The van der Waals surface area contributed by atoms with Crippen LogP contribution in [-0.2, 0) is 29.7 Å². The van der Waals surface area contributed by atoms with Crippen LogP contribution < -0.4 is 4.74 Å². The molecule has 0 unspecified atom stereocenters. The normalized spacial score (nSPS) is 14.9. The summed E-state index contributed by atoms with van der Waals surface area (Å²) >= 11 is 0. The summed E-state index contributed by atoms with van der Waals surface area (Å²) in [5.41, 5.74) is 6.99. The molecule has 0 fully saturated rings. The molecule has 0 saturated heterocycles. The maximum atomic E-state index is 13.1. The quantitative estimate of drug-likeness (QED) is 0.367. The standard InChI is InChI=1S/C30H35N5O4/c1-18-7-8-20(15-21(18)16-35-13-14-39-25-11-12-26(36)31-23(25)17-35)27(30(3,4)29(37)38-6)22-9-10-24-28(19(22)2)32-33-34(24)5/h7-12,15,27H,13-14,16-17H2,1-6H3,(H,31,36)/t27-/m0/s1. The largest absolute Gasteiger partial charge is 0.493 e. The van der Waals surface area contributed by atoms with Gasteiger partial charge in [-0.2, -0.15) is 0 Å². The summed E-state index contributed by atoms with van der Waals surface area (Å²) in [4.78, 5) is 19.7. The van der Waals surface area contributed by atoms with Crippen LogP contribution in [0.15, 0.2) is 42.5 Å². The molecule has 204 valence electrons. The average molecular weight is 530 g/mol. The Balaban J connectivity index is 1.56. The van der Waals surface area contributed by atoms with Crippen LogP contribution in [0.5, 0.6) is 11.6 Å². The van der Waals surface area contributed by atoms with E-state index in [1.165, 1.54) is 7.11 Å². The summed E-state index contributed by atoms with van der Waals surface area (Å²) in [6.45, 7) is 10.5. The minimum atomic E-state index is -0.848. The number of carbonyl (C=O) groups is 1. The van der Waals surface area contributed by atoms with Crippen molar-refractivity contribution in [1.82, 2.24) is 24.9 Å². The third kappa shape index (κ3) is 4.94. The summed E-state index contributed by atoms with van der Waals surface area (Å²) in [6, 6.07) is 13.8. The summed E-state index contributed by atoms with van der Waals surface area (Å²) in [6.07, 6.45) is 0. The van der Waals surface area contributed by atoms with Crippen molar-refractivity contribution in [3.8, 4) is 11.6 Å². The lowest BCUT2D eigenvalue weighted by Crippen LogP contribution is -2.34. The maximum absolute atomic E-state index is 13.1. The third-order valence-corrected chi connectivity index (χ3v) is 7.88. The second kappa shape index (κ2) is 10.3. The van der Waals surface area contributed by atoms with Crippen LogP contribution in [0.3, 0.4) is 0 Å². The van der Waals surface area contributed by atoms with E-state index in [1.54, 1.807) is 16.8 Å². The van der Waals surface area contributed by atoms with E-state index in [1.807, 2.05) is 33.9 Å². The van der Waals surface area contributed by atoms with Crippen molar-refractivity contribution in [1.29, 1.82) is 0 Å². The van der Waals surface area contributed by atoms with E-state index in [9.17, 15) is 9.90 Å². The van der Waals surface area contributed by atoms with E-state index < -0.39 is 5.41 Å². The van der Waals surface area contributed by atoms with E-state index in [2.05, 4.69) is 51.4 Å². The number of aromatic nitrogens is 4. The van der Waals surface area contributed by atoms with Crippen LogP contribution in [0.25, 0.3) is 11.0 Å². The molecular weight excluding hydrogens is 494 g/mol. The van der Waals surface area contributed by atoms with Crippen molar-refractivity contribution in [2.45, 2.75) is 46.7 Å². The SMILES string of the molecule is COC(=O)C(C)(C)[C@@H](c1ccc(C)c(CN2CCOc3ccc(O)nc3C2)c1)c1ccc2c(nnn2C)c1C. The Hall–Kier alpha value is -3.98. The number of rotatable bonds is 6. The molecule has 39 heavy (non-hydrogen) atoms. The zero-order valence-electron chi connectivity index (χ0n) is 23.4. The Morgan fingerprint density at radius 1 is 1.18 bits per heavy atom. The van der Waals surface area contributed by atoms with E-state index in [4.69, 9.17) is 9.47 Å². The number of nitrogens with zero attached hydrogens (tertiary/aromatic N) is 5. The van der Waals surface area contributed by atoms with Gasteiger partial charge in [0.15, 0.2) is 0 Å². The molecule has 5 rings (SSSR count). The van der Waals surface area contributed by atoms with Crippen LogP contribution in [0.1, 0.15) is 53.3 Å². The molecule has 1 atom stereocenters. The highest BCUT2D eigenvalue weighted by molar-refractivity contribution is 5.82. The Kier molecular flexibility index (Phi) is 7.03. The number of carbonyl (C=O) groups excluding carboxylic acids is 1. The number of aromatic hydroxyl groups is 1. The number of esters is 1. The first kappa shape index (κ1) is 26.6. The van der Waals surface area contributed by atoms with Gasteiger partial charge in [-0.05, 0) is 67.6 Å². The molecule has 2 aromatic heterocycles. The van der Waals surface area contributed by atoms with E-state index in [0.29, 0.717) is 25.4 Å². The van der Waals surface area contributed by atoms with Gasteiger partial charge in [0.1, 0.15) is 23.6 Å². The first-order valence-corrected chi connectivity index (χ1v) is 13.1. The summed E-state index contributed by atoms with van der Waals surface area (Å²) < 4.78 is 12.9. The Labute approximate surface area is 228 Å². The summed E-state index contributed by atoms with van der Waals surface area (Å²) in [5.74, 6) is 0.138. The smallest absolute Gasteiger partial charge is 0.312 e. The maximum Gasteiger partial charge on any atom is 0.312 e. The van der Waals surface area contributed by atoms with Crippen molar-refractivity contribution in [2.24, 2.45) is 12.5 Å². The average Bonchev–Trinajstić information content (AvgIpc) is 3.17. The fourth-order valence-corrected chi connectivity index (χ4v) is 5.64. The van der Waals surface area contributed by atoms with Gasteiger partial charge in [0, 0.05) is 38.7 Å². The second-order valence-electron chi connectivity index (χ2n) is 10.9. The first-order chi connectivity index (χ1) is 18.6. The number of hydrogen-bond donors (Lipinski definition) is 1. The molecule has 2 aromatic carbocycles. The highest BCUT2D eigenvalue weighted by atomic mass is 16.5. The van der Waals surface area contributed by atoms with Gasteiger partial charge in [-0.15, -0.1) is 5.10 Å². The second-order valence-corrected chi connectivity index (χ2v) is 10.9. The van der Waals surface area contributed by atoms with Gasteiger partial charge in [-0.1, -0.05) is 29.5 Å². The van der Waals surface area contributed by atoms with Crippen LogP contribution >= 0.6 is 0 Å². The van der Waals surface area contributed by atoms with Crippen molar-refractivity contribution in [2.75, 3.05) is 20.3 Å². The molecule has 9 heteroatoms. The molecule has 0 bridgehead atoms. The lowest BCUT2D eigenvalue weighted by atomic mass is 9.69. The number of pyridine rings is 1. The molecule has 9 nitrogen and oxygen atoms in total. The van der Waals surface area contributed by atoms with Crippen LogP contribution in [0.2, 0.25) is 0 Å². The molecule has 4 aromatic rings.